The summed E-state index contributed by atoms with van der Waals surface area (Å²) in [5.41, 5.74) is 1.29. The third kappa shape index (κ3) is 7.38. The van der Waals surface area contributed by atoms with Crippen molar-refractivity contribution in [3.05, 3.63) is 71.8 Å². The van der Waals surface area contributed by atoms with E-state index in [1.165, 1.54) is 19.1 Å². The van der Waals surface area contributed by atoms with Crippen molar-refractivity contribution < 1.29 is 38.4 Å². The molecule has 1 heterocycles. The van der Waals surface area contributed by atoms with Gasteiger partial charge in [-0.2, -0.15) is 0 Å². The number of carbonyl (C=O) groups is 2. The average Bonchev–Trinajstić information content (AvgIpc) is 3.16. The Morgan fingerprint density at radius 1 is 0.974 bits per heavy atom. The fourth-order valence-electron chi connectivity index (χ4n) is 4.61. The van der Waals surface area contributed by atoms with E-state index in [1.807, 2.05) is 48.5 Å². The highest BCUT2D eigenvalue weighted by Gasteiger charge is 2.32. The number of likely N-dealkylation sites (tertiary alicyclic amines) is 1. The minimum Gasteiger partial charge on any atom is -0.467 e. The number of hydrogen-bond acceptors (Lipinski definition) is 7. The molecule has 0 aliphatic carbocycles. The third-order valence-electron chi connectivity index (χ3n) is 6.53. The highest BCUT2D eigenvalue weighted by atomic mass is 16.7. The fraction of sp³-hybridized carbons (Fsp3) is 0.379. The highest BCUT2D eigenvalue weighted by molar-refractivity contribution is 6.03. The number of ether oxygens (including phenoxy) is 5. The number of benzene rings is 3. The average molecular weight is 539 g/mol. The molecule has 2 N–H and O–H groups in total. The predicted molar refractivity (Wildman–Crippen MR) is 144 cm³/mol. The van der Waals surface area contributed by atoms with Crippen LogP contribution >= 0.6 is 0 Å². The van der Waals surface area contributed by atoms with Crippen LogP contribution in [-0.2, 0) is 20.8 Å². The normalized spacial score (nSPS) is 17.4. The van der Waals surface area contributed by atoms with Crippen molar-refractivity contribution in [3.8, 4) is 11.5 Å². The molecule has 4 rings (SSSR count). The first-order chi connectivity index (χ1) is 19.0. The van der Waals surface area contributed by atoms with Gasteiger partial charge in [-0.15, -0.1) is 0 Å². The molecule has 2 atom stereocenters. The lowest BCUT2D eigenvalue weighted by molar-refractivity contribution is 0.0105. The number of hydrogen-bond donors (Lipinski definition) is 2. The third-order valence-corrected chi connectivity index (χ3v) is 6.53. The molecule has 0 unspecified atom stereocenters. The minimum atomic E-state index is -1.03. The number of carboxylic acid groups (broad SMARTS) is 1. The van der Waals surface area contributed by atoms with Crippen LogP contribution in [0.1, 0.15) is 28.8 Å². The molecule has 208 valence electrons. The monoisotopic (exact) mass is 538 g/mol. The molecule has 2 amide bonds. The lowest BCUT2D eigenvalue weighted by Crippen LogP contribution is -2.50. The molecule has 1 aliphatic rings. The highest BCUT2D eigenvalue weighted by Crippen LogP contribution is 2.33. The van der Waals surface area contributed by atoms with Crippen molar-refractivity contribution >= 4 is 22.8 Å². The van der Waals surface area contributed by atoms with E-state index in [4.69, 9.17) is 23.7 Å². The fourth-order valence-corrected chi connectivity index (χ4v) is 4.61. The minimum absolute atomic E-state index is 0.0636. The molecule has 0 radical (unpaired) electrons. The van der Waals surface area contributed by atoms with Crippen LogP contribution in [0.25, 0.3) is 10.8 Å². The molecule has 1 aliphatic heterocycles. The Balaban J connectivity index is 1.62. The van der Waals surface area contributed by atoms with Gasteiger partial charge in [0, 0.05) is 32.7 Å². The molecule has 3 aromatic rings. The Kier molecular flexibility index (Phi) is 9.96. The Labute approximate surface area is 227 Å². The van der Waals surface area contributed by atoms with E-state index in [1.54, 1.807) is 12.1 Å². The van der Waals surface area contributed by atoms with Crippen molar-refractivity contribution in [2.45, 2.75) is 31.6 Å². The Bertz CT molecular complexity index is 1250. The van der Waals surface area contributed by atoms with E-state index >= 15 is 0 Å². The quantitative estimate of drug-likeness (QED) is 0.348. The molecule has 0 aromatic heterocycles. The molecule has 3 aromatic carbocycles. The maximum Gasteiger partial charge on any atom is 0.407 e. The zero-order valence-electron chi connectivity index (χ0n) is 22.1. The Morgan fingerprint density at radius 2 is 1.72 bits per heavy atom. The van der Waals surface area contributed by atoms with Gasteiger partial charge < -0.3 is 39.0 Å². The van der Waals surface area contributed by atoms with Crippen LogP contribution in [0, 0.1) is 0 Å². The first-order valence-electron chi connectivity index (χ1n) is 12.7. The molecule has 0 spiro atoms. The smallest absolute Gasteiger partial charge is 0.407 e. The van der Waals surface area contributed by atoms with E-state index in [2.05, 4.69) is 5.32 Å². The number of amides is 2. The summed E-state index contributed by atoms with van der Waals surface area (Å²) in [6.45, 7) is 0.841. The molecular weight excluding hydrogens is 504 g/mol. The Hall–Kier alpha value is -3.86. The van der Waals surface area contributed by atoms with Gasteiger partial charge >= 0.3 is 6.09 Å². The molecule has 10 heteroatoms. The first kappa shape index (κ1) is 28.2. The van der Waals surface area contributed by atoms with Gasteiger partial charge in [-0.3, -0.25) is 4.79 Å². The van der Waals surface area contributed by atoms with E-state index in [9.17, 15) is 14.7 Å². The topological polar surface area (TPSA) is 116 Å². The standard InChI is InChI=1S/C29H34N2O8/c1-35-18-38-25-11-6-10-21-14-23(27(15-22(21)25)39-19-36-2)28(32)30-24-16-31(29(33)34)13-7-12-26(24)37-17-20-8-4-3-5-9-20/h3-6,8-11,14-15,24,26H,7,12-13,16-19H2,1-2H3,(H,30,32)(H,33,34)/t24-,26-/m1/s1. The second kappa shape index (κ2) is 13.8. The van der Waals surface area contributed by atoms with Gasteiger partial charge in [0.1, 0.15) is 11.5 Å². The predicted octanol–water partition coefficient (Wildman–Crippen LogP) is 4.26. The van der Waals surface area contributed by atoms with E-state index in [-0.39, 0.29) is 31.8 Å². The summed E-state index contributed by atoms with van der Waals surface area (Å²) >= 11 is 0. The number of fused-ring (bicyclic) bond motifs is 1. The zero-order valence-corrected chi connectivity index (χ0v) is 22.1. The van der Waals surface area contributed by atoms with Crippen LogP contribution < -0.4 is 14.8 Å². The summed E-state index contributed by atoms with van der Waals surface area (Å²) in [5.74, 6) is 0.483. The van der Waals surface area contributed by atoms with Crippen molar-refractivity contribution in [2.75, 3.05) is 40.9 Å². The van der Waals surface area contributed by atoms with E-state index < -0.39 is 18.0 Å². The van der Waals surface area contributed by atoms with Crippen LogP contribution in [0.2, 0.25) is 0 Å². The van der Waals surface area contributed by atoms with Gasteiger partial charge in [0.15, 0.2) is 13.6 Å². The number of nitrogens with one attached hydrogen (secondary N) is 1. The molecule has 10 nitrogen and oxygen atoms in total. The van der Waals surface area contributed by atoms with Crippen molar-refractivity contribution in [1.82, 2.24) is 10.2 Å². The van der Waals surface area contributed by atoms with Crippen molar-refractivity contribution in [1.29, 1.82) is 0 Å². The summed E-state index contributed by atoms with van der Waals surface area (Å²) in [4.78, 5) is 26.9. The zero-order chi connectivity index (χ0) is 27.6. The van der Waals surface area contributed by atoms with E-state index in [0.29, 0.717) is 37.5 Å². The largest absolute Gasteiger partial charge is 0.467 e. The van der Waals surface area contributed by atoms with Gasteiger partial charge in [0.05, 0.1) is 24.3 Å². The SMILES string of the molecule is COCOc1cc2c(OCOC)cccc2cc1C(=O)N[C@@H]1CN(C(=O)O)CCC[C@H]1OCc1ccccc1. The van der Waals surface area contributed by atoms with E-state index in [0.717, 1.165) is 16.3 Å². The number of carbonyl (C=O) groups excluding carboxylic acids is 1. The summed E-state index contributed by atoms with van der Waals surface area (Å²) in [5, 5.41) is 14.2. The molecule has 1 saturated heterocycles. The summed E-state index contributed by atoms with van der Waals surface area (Å²) < 4.78 is 27.8. The van der Waals surface area contributed by atoms with Crippen LogP contribution in [0.15, 0.2) is 60.7 Å². The van der Waals surface area contributed by atoms with Crippen LogP contribution in [0.4, 0.5) is 4.79 Å². The Morgan fingerprint density at radius 3 is 2.44 bits per heavy atom. The van der Waals surface area contributed by atoms with Gasteiger partial charge in [0.2, 0.25) is 0 Å². The number of methoxy groups -OCH3 is 2. The molecule has 0 saturated carbocycles. The molecule has 39 heavy (non-hydrogen) atoms. The molecular formula is C29H34N2O8. The summed E-state index contributed by atoms with van der Waals surface area (Å²) in [7, 11) is 3.03. The van der Waals surface area contributed by atoms with Crippen molar-refractivity contribution in [2.24, 2.45) is 0 Å². The maximum absolute atomic E-state index is 13.7. The molecule has 1 fully saturated rings. The summed E-state index contributed by atoms with van der Waals surface area (Å²) in [6, 6.07) is 18.1. The van der Waals surface area contributed by atoms with Crippen LogP contribution in [0.5, 0.6) is 11.5 Å². The lowest BCUT2D eigenvalue weighted by Gasteiger charge is -2.29. The second-order valence-electron chi connectivity index (χ2n) is 9.21. The molecule has 0 bridgehead atoms. The summed E-state index contributed by atoms with van der Waals surface area (Å²) in [6.07, 6.45) is -0.180. The maximum atomic E-state index is 13.7. The van der Waals surface area contributed by atoms with Gasteiger partial charge in [0.25, 0.3) is 5.91 Å². The lowest BCUT2D eigenvalue weighted by atomic mass is 10.0. The van der Waals surface area contributed by atoms with Gasteiger partial charge in [-0.1, -0.05) is 42.5 Å². The second-order valence-corrected chi connectivity index (χ2v) is 9.21. The van der Waals surface area contributed by atoms with Crippen molar-refractivity contribution in [3.63, 3.8) is 0 Å². The van der Waals surface area contributed by atoms with Crippen LogP contribution in [0.3, 0.4) is 0 Å². The number of rotatable bonds is 11. The number of nitrogens with zero attached hydrogens (tertiary/aromatic N) is 1. The first-order valence-corrected chi connectivity index (χ1v) is 12.7. The van der Waals surface area contributed by atoms with Crippen LogP contribution in [-0.4, -0.2) is 75.0 Å². The van der Waals surface area contributed by atoms with Gasteiger partial charge in [-0.05, 0) is 42.0 Å². The van der Waals surface area contributed by atoms with Gasteiger partial charge in [-0.25, -0.2) is 4.79 Å².